The van der Waals surface area contributed by atoms with E-state index >= 15 is 0 Å². The summed E-state index contributed by atoms with van der Waals surface area (Å²) in [7, 11) is 0. The molecule has 0 spiro atoms. The Bertz CT molecular complexity index is 1230. The van der Waals surface area contributed by atoms with Crippen LogP contribution in [0.15, 0.2) is 53.3 Å². The molecular weight excluding hydrogens is 366 g/mol. The number of hydrogen-bond donors (Lipinski definition) is 2. The van der Waals surface area contributed by atoms with Gasteiger partial charge in [0.05, 0.1) is 28.1 Å². The van der Waals surface area contributed by atoms with Crippen LogP contribution in [0, 0.1) is 0 Å². The van der Waals surface area contributed by atoms with Gasteiger partial charge < -0.3 is 14.9 Å². The van der Waals surface area contributed by atoms with Gasteiger partial charge in [0.15, 0.2) is 0 Å². The Morgan fingerprint density at radius 2 is 1.69 bits per heavy atom. The van der Waals surface area contributed by atoms with Crippen molar-refractivity contribution < 1.29 is 4.79 Å². The van der Waals surface area contributed by atoms with Crippen molar-refractivity contribution in [3.05, 3.63) is 70.4 Å². The zero-order chi connectivity index (χ0) is 19.8. The highest BCUT2D eigenvalue weighted by molar-refractivity contribution is 5.78. The minimum Gasteiger partial charge on any atom is -0.340 e. The molecule has 0 aliphatic carbocycles. The van der Waals surface area contributed by atoms with Crippen LogP contribution in [0.1, 0.15) is 36.8 Å². The molecule has 3 heterocycles. The van der Waals surface area contributed by atoms with Crippen molar-refractivity contribution in [2.45, 2.75) is 31.7 Å². The summed E-state index contributed by atoms with van der Waals surface area (Å²) in [6, 6.07) is 15.3. The fourth-order valence-corrected chi connectivity index (χ4v) is 4.09. The number of hydrogen-bond acceptors (Lipinski definition) is 4. The molecule has 0 radical (unpaired) electrons. The third-order valence-corrected chi connectivity index (χ3v) is 5.54. The predicted molar refractivity (Wildman–Crippen MR) is 110 cm³/mol. The number of nitrogens with one attached hydrogen (secondary N) is 2. The van der Waals surface area contributed by atoms with Crippen LogP contribution in [0.5, 0.6) is 0 Å². The Kier molecular flexibility index (Phi) is 4.35. The number of aryl methyl sites for hydroxylation is 1. The van der Waals surface area contributed by atoms with Crippen LogP contribution in [0.2, 0.25) is 0 Å². The van der Waals surface area contributed by atoms with Crippen LogP contribution in [0.25, 0.3) is 22.1 Å². The maximum Gasteiger partial charge on any atom is 0.270 e. The lowest BCUT2D eigenvalue weighted by atomic mass is 10.1. The molecule has 0 unspecified atom stereocenters. The number of aromatic nitrogens is 4. The molecule has 0 saturated carbocycles. The summed E-state index contributed by atoms with van der Waals surface area (Å²) in [6.07, 6.45) is 2.41. The first-order chi connectivity index (χ1) is 14.2. The summed E-state index contributed by atoms with van der Waals surface area (Å²) in [5.74, 6) is 0.862. The second-order valence-electron chi connectivity index (χ2n) is 7.41. The highest BCUT2D eigenvalue weighted by atomic mass is 16.2. The van der Waals surface area contributed by atoms with Gasteiger partial charge in [-0.2, -0.15) is 0 Å². The molecule has 29 heavy (non-hydrogen) atoms. The van der Waals surface area contributed by atoms with E-state index in [0.29, 0.717) is 24.2 Å². The van der Waals surface area contributed by atoms with E-state index in [4.69, 9.17) is 0 Å². The summed E-state index contributed by atoms with van der Waals surface area (Å²) >= 11 is 0. The number of aromatic amines is 2. The SMILES string of the molecule is O=C(CCc1nc2ccccc2[nH]c1=O)N1CCC[C@@H]1c1nc2ccccc2[nH]1. The number of carbonyl (C=O) groups excluding carboxylic acids is 1. The van der Waals surface area contributed by atoms with Crippen LogP contribution in [0.4, 0.5) is 0 Å². The molecule has 2 aromatic carbocycles. The summed E-state index contributed by atoms with van der Waals surface area (Å²) in [6.45, 7) is 0.710. The minimum absolute atomic E-state index is 0.0299. The van der Waals surface area contributed by atoms with Gasteiger partial charge in [-0.05, 0) is 37.1 Å². The van der Waals surface area contributed by atoms with Crippen molar-refractivity contribution in [1.29, 1.82) is 0 Å². The Balaban J connectivity index is 1.33. The molecule has 7 nitrogen and oxygen atoms in total. The Labute approximate surface area is 166 Å². The normalized spacial score (nSPS) is 16.7. The van der Waals surface area contributed by atoms with Crippen molar-refractivity contribution in [2.75, 3.05) is 6.54 Å². The van der Waals surface area contributed by atoms with E-state index in [1.54, 1.807) is 0 Å². The number of para-hydroxylation sites is 4. The van der Waals surface area contributed by atoms with E-state index in [-0.39, 0.29) is 23.9 Å². The molecule has 1 amide bonds. The number of likely N-dealkylation sites (tertiary alicyclic amines) is 1. The highest BCUT2D eigenvalue weighted by Crippen LogP contribution is 2.32. The zero-order valence-corrected chi connectivity index (χ0v) is 15.9. The number of rotatable bonds is 4. The molecule has 1 fully saturated rings. The van der Waals surface area contributed by atoms with Crippen molar-refractivity contribution in [3.8, 4) is 0 Å². The standard InChI is InChI=1S/C22H21N5O2/c28-20(12-11-18-22(29)26-17-9-4-1-6-14(17)23-18)27-13-5-10-19(27)21-24-15-7-2-3-8-16(15)25-21/h1-4,6-9,19H,5,10-13H2,(H,24,25)(H,26,29)/t19-/m1/s1. The van der Waals surface area contributed by atoms with Gasteiger partial charge in [-0.1, -0.05) is 24.3 Å². The fourth-order valence-electron chi connectivity index (χ4n) is 4.09. The molecule has 5 rings (SSSR count). The number of imidazole rings is 1. The fraction of sp³-hybridized carbons (Fsp3) is 0.273. The van der Waals surface area contributed by atoms with Gasteiger partial charge in [-0.3, -0.25) is 9.59 Å². The molecule has 0 bridgehead atoms. The highest BCUT2D eigenvalue weighted by Gasteiger charge is 2.31. The Hall–Kier alpha value is -3.48. The van der Waals surface area contributed by atoms with E-state index < -0.39 is 0 Å². The molecular formula is C22H21N5O2. The number of H-pyrrole nitrogens is 2. The third kappa shape index (κ3) is 3.29. The first-order valence-electron chi connectivity index (χ1n) is 9.91. The number of amides is 1. The van der Waals surface area contributed by atoms with Crippen LogP contribution in [-0.2, 0) is 11.2 Å². The van der Waals surface area contributed by atoms with Crippen LogP contribution in [-0.4, -0.2) is 37.3 Å². The lowest BCUT2D eigenvalue weighted by Gasteiger charge is -2.23. The third-order valence-electron chi connectivity index (χ3n) is 5.54. The topological polar surface area (TPSA) is 94.7 Å². The molecule has 7 heteroatoms. The number of carbonyl (C=O) groups is 1. The number of nitrogens with zero attached hydrogens (tertiary/aromatic N) is 3. The Morgan fingerprint density at radius 1 is 1.00 bits per heavy atom. The van der Waals surface area contributed by atoms with Gasteiger partial charge in [0, 0.05) is 19.4 Å². The van der Waals surface area contributed by atoms with Crippen molar-refractivity contribution >= 4 is 28.0 Å². The number of benzene rings is 2. The lowest BCUT2D eigenvalue weighted by molar-refractivity contribution is -0.132. The van der Waals surface area contributed by atoms with Gasteiger partial charge >= 0.3 is 0 Å². The molecule has 146 valence electrons. The van der Waals surface area contributed by atoms with Gasteiger partial charge in [-0.15, -0.1) is 0 Å². The summed E-state index contributed by atoms with van der Waals surface area (Å²) in [5.41, 5.74) is 3.50. The molecule has 1 aliphatic heterocycles. The second kappa shape index (κ2) is 7.16. The van der Waals surface area contributed by atoms with E-state index in [9.17, 15) is 9.59 Å². The van der Waals surface area contributed by atoms with Crippen molar-refractivity contribution in [2.24, 2.45) is 0 Å². The van der Waals surface area contributed by atoms with E-state index in [2.05, 4.69) is 19.9 Å². The monoisotopic (exact) mass is 387 g/mol. The summed E-state index contributed by atoms with van der Waals surface area (Å²) in [4.78, 5) is 42.4. The molecule has 4 aromatic rings. The van der Waals surface area contributed by atoms with Crippen LogP contribution >= 0.6 is 0 Å². The lowest BCUT2D eigenvalue weighted by Crippen LogP contribution is -2.31. The Morgan fingerprint density at radius 3 is 2.45 bits per heavy atom. The molecule has 2 aromatic heterocycles. The van der Waals surface area contributed by atoms with Gasteiger partial charge in [-0.25, -0.2) is 9.97 Å². The zero-order valence-electron chi connectivity index (χ0n) is 15.9. The summed E-state index contributed by atoms with van der Waals surface area (Å²) < 4.78 is 0. The van der Waals surface area contributed by atoms with Crippen LogP contribution in [0.3, 0.4) is 0 Å². The molecule has 1 aliphatic rings. The largest absolute Gasteiger partial charge is 0.340 e. The molecule has 2 N–H and O–H groups in total. The minimum atomic E-state index is -0.230. The summed E-state index contributed by atoms with van der Waals surface area (Å²) in [5, 5.41) is 0. The average Bonchev–Trinajstić information content (AvgIpc) is 3.38. The van der Waals surface area contributed by atoms with E-state index in [0.717, 1.165) is 35.2 Å². The van der Waals surface area contributed by atoms with Crippen LogP contribution < -0.4 is 5.56 Å². The maximum absolute atomic E-state index is 12.9. The van der Waals surface area contributed by atoms with Crippen molar-refractivity contribution in [1.82, 2.24) is 24.8 Å². The molecule has 1 saturated heterocycles. The quantitative estimate of drug-likeness (QED) is 0.563. The van der Waals surface area contributed by atoms with Gasteiger partial charge in [0.25, 0.3) is 5.56 Å². The average molecular weight is 387 g/mol. The number of fused-ring (bicyclic) bond motifs is 2. The van der Waals surface area contributed by atoms with E-state index in [1.165, 1.54) is 0 Å². The predicted octanol–water partition coefficient (Wildman–Crippen LogP) is 3.10. The maximum atomic E-state index is 12.9. The smallest absolute Gasteiger partial charge is 0.270 e. The molecule has 1 atom stereocenters. The van der Waals surface area contributed by atoms with Crippen molar-refractivity contribution in [3.63, 3.8) is 0 Å². The first-order valence-corrected chi connectivity index (χ1v) is 9.91. The second-order valence-corrected chi connectivity index (χ2v) is 7.41. The van der Waals surface area contributed by atoms with Gasteiger partial charge in [0.1, 0.15) is 11.5 Å². The van der Waals surface area contributed by atoms with Gasteiger partial charge in [0.2, 0.25) is 5.91 Å². The first kappa shape index (κ1) is 17.6. The van der Waals surface area contributed by atoms with E-state index in [1.807, 2.05) is 53.4 Å².